The second kappa shape index (κ2) is 6.29. The van der Waals surface area contributed by atoms with Gasteiger partial charge in [0.15, 0.2) is 6.61 Å². The van der Waals surface area contributed by atoms with Crippen LogP contribution in [-0.2, 0) is 6.61 Å². The summed E-state index contributed by atoms with van der Waals surface area (Å²) in [5.41, 5.74) is 1.42. The maximum atomic E-state index is 6.25. The minimum atomic E-state index is 0.190. The molecule has 5 nitrogen and oxygen atoms in total. The number of rotatable bonds is 4. The van der Waals surface area contributed by atoms with Gasteiger partial charge in [-0.1, -0.05) is 48.0 Å². The first kappa shape index (κ1) is 14.7. The van der Waals surface area contributed by atoms with Gasteiger partial charge in [-0.05, 0) is 24.3 Å². The molecule has 24 heavy (non-hydrogen) atoms. The summed E-state index contributed by atoms with van der Waals surface area (Å²) in [4.78, 5) is 4.36. The van der Waals surface area contributed by atoms with E-state index in [0.717, 1.165) is 16.7 Å². The molecule has 4 rings (SSSR count). The lowest BCUT2D eigenvalue weighted by Gasteiger charge is -2.03. The molecule has 2 aromatic heterocycles. The molecule has 0 aliphatic heterocycles. The molecule has 0 amide bonds. The van der Waals surface area contributed by atoms with Crippen LogP contribution >= 0.6 is 11.6 Å². The van der Waals surface area contributed by atoms with Crippen LogP contribution < -0.4 is 4.74 Å². The minimum absolute atomic E-state index is 0.190. The van der Waals surface area contributed by atoms with Crippen LogP contribution in [0.25, 0.3) is 22.4 Å². The Morgan fingerprint density at radius 1 is 0.958 bits per heavy atom. The van der Waals surface area contributed by atoms with Crippen LogP contribution in [0.4, 0.5) is 0 Å². The van der Waals surface area contributed by atoms with E-state index >= 15 is 0 Å². The number of nitrogens with zero attached hydrogens (tertiary/aromatic N) is 3. The largest absolute Gasteiger partial charge is 0.484 e. The van der Waals surface area contributed by atoms with E-state index in [4.69, 9.17) is 20.8 Å². The first-order chi connectivity index (χ1) is 11.8. The number of benzene rings is 2. The average molecular weight is 338 g/mol. The molecule has 0 atom stereocenters. The monoisotopic (exact) mass is 337 g/mol. The third-order valence-electron chi connectivity index (χ3n) is 3.48. The van der Waals surface area contributed by atoms with Crippen molar-refractivity contribution >= 4 is 22.5 Å². The number of hydrogen-bond donors (Lipinski definition) is 0. The Kier molecular flexibility index (Phi) is 3.84. The first-order valence-electron chi connectivity index (χ1n) is 7.35. The first-order valence-corrected chi connectivity index (χ1v) is 7.73. The summed E-state index contributed by atoms with van der Waals surface area (Å²) in [6.07, 6.45) is 0. The Bertz CT molecular complexity index is 986. The number of hydrogen-bond acceptors (Lipinski definition) is 5. The van der Waals surface area contributed by atoms with E-state index in [1.54, 1.807) is 0 Å². The molecule has 0 saturated carbocycles. The van der Waals surface area contributed by atoms with Crippen molar-refractivity contribution in [3.05, 3.63) is 71.7 Å². The smallest absolute Gasteiger partial charge is 0.254 e. The Morgan fingerprint density at radius 2 is 1.75 bits per heavy atom. The van der Waals surface area contributed by atoms with E-state index in [1.165, 1.54) is 0 Å². The maximum absolute atomic E-state index is 6.25. The van der Waals surface area contributed by atoms with Crippen molar-refractivity contribution in [2.24, 2.45) is 0 Å². The molecule has 6 heteroatoms. The molecule has 0 spiro atoms. The van der Waals surface area contributed by atoms with Crippen molar-refractivity contribution in [2.45, 2.75) is 6.61 Å². The summed E-state index contributed by atoms with van der Waals surface area (Å²) in [5.74, 6) is 1.44. The van der Waals surface area contributed by atoms with Crippen LogP contribution in [-0.4, -0.2) is 15.2 Å². The third kappa shape index (κ3) is 2.94. The summed E-state index contributed by atoms with van der Waals surface area (Å²) < 4.78 is 11.2. The molecule has 2 aromatic carbocycles. The quantitative estimate of drug-likeness (QED) is 0.512. The number of fused-ring (bicyclic) bond motifs is 1. The molecule has 0 radical (unpaired) electrons. The number of halogens is 1. The average Bonchev–Trinajstić information content (AvgIpc) is 3.09. The normalized spacial score (nSPS) is 10.9. The van der Waals surface area contributed by atoms with E-state index in [2.05, 4.69) is 15.2 Å². The predicted molar refractivity (Wildman–Crippen MR) is 90.8 cm³/mol. The zero-order chi connectivity index (χ0) is 16.4. The van der Waals surface area contributed by atoms with Gasteiger partial charge in [0.1, 0.15) is 10.9 Å². The molecule has 0 aliphatic rings. The fourth-order valence-electron chi connectivity index (χ4n) is 2.32. The van der Waals surface area contributed by atoms with Crippen molar-refractivity contribution < 1.29 is 9.15 Å². The van der Waals surface area contributed by atoms with Gasteiger partial charge in [0.2, 0.25) is 0 Å². The van der Waals surface area contributed by atoms with Gasteiger partial charge in [0, 0.05) is 5.39 Å². The van der Waals surface area contributed by atoms with Crippen molar-refractivity contribution in [2.75, 3.05) is 0 Å². The van der Waals surface area contributed by atoms with E-state index < -0.39 is 0 Å². The molecular formula is C18H12ClN3O2. The zero-order valence-electron chi connectivity index (χ0n) is 12.5. The molecule has 0 aliphatic carbocycles. The van der Waals surface area contributed by atoms with Crippen molar-refractivity contribution in [1.82, 2.24) is 15.2 Å². The summed E-state index contributed by atoms with van der Waals surface area (Å²) in [6, 6.07) is 19.0. The lowest BCUT2D eigenvalue weighted by Crippen LogP contribution is -1.95. The van der Waals surface area contributed by atoms with Gasteiger partial charge >= 0.3 is 0 Å². The predicted octanol–water partition coefficient (Wildman–Crippen LogP) is 4.52. The summed E-state index contributed by atoms with van der Waals surface area (Å²) >= 11 is 6.25. The van der Waals surface area contributed by atoms with Gasteiger partial charge in [-0.25, -0.2) is 4.98 Å². The summed E-state index contributed by atoms with van der Waals surface area (Å²) in [6.45, 7) is 0.190. The van der Waals surface area contributed by atoms with Gasteiger partial charge in [-0.3, -0.25) is 0 Å². The topological polar surface area (TPSA) is 61.0 Å². The molecule has 118 valence electrons. The number of para-hydroxylation sites is 2. The number of aromatic nitrogens is 3. The van der Waals surface area contributed by atoms with Gasteiger partial charge in [0.25, 0.3) is 11.8 Å². The van der Waals surface area contributed by atoms with Crippen molar-refractivity contribution in [1.29, 1.82) is 0 Å². The highest BCUT2D eigenvalue weighted by atomic mass is 35.5. The Labute approximate surface area is 142 Å². The Morgan fingerprint density at radius 3 is 2.62 bits per heavy atom. The second-order valence-electron chi connectivity index (χ2n) is 5.12. The van der Waals surface area contributed by atoms with Gasteiger partial charge in [-0.15, -0.1) is 10.2 Å². The van der Waals surface area contributed by atoms with Crippen LogP contribution in [0.3, 0.4) is 0 Å². The van der Waals surface area contributed by atoms with Crippen LogP contribution in [0.2, 0.25) is 5.15 Å². The molecular weight excluding hydrogens is 326 g/mol. The van der Waals surface area contributed by atoms with Crippen LogP contribution in [0, 0.1) is 0 Å². The van der Waals surface area contributed by atoms with Crippen molar-refractivity contribution in [3.8, 4) is 17.2 Å². The van der Waals surface area contributed by atoms with Crippen LogP contribution in [0.1, 0.15) is 5.89 Å². The van der Waals surface area contributed by atoms with E-state index in [9.17, 15) is 0 Å². The summed E-state index contributed by atoms with van der Waals surface area (Å²) in [5, 5.41) is 9.33. The third-order valence-corrected chi connectivity index (χ3v) is 3.77. The fourth-order valence-corrected chi connectivity index (χ4v) is 2.55. The van der Waals surface area contributed by atoms with E-state index in [1.807, 2.05) is 60.7 Å². The highest BCUT2D eigenvalue weighted by Crippen LogP contribution is 2.29. The van der Waals surface area contributed by atoms with Crippen LogP contribution in [0.15, 0.2) is 65.1 Å². The second-order valence-corrected chi connectivity index (χ2v) is 5.48. The minimum Gasteiger partial charge on any atom is -0.484 e. The maximum Gasteiger partial charge on any atom is 0.254 e. The molecule has 0 N–H and O–H groups in total. The van der Waals surface area contributed by atoms with Crippen LogP contribution in [0.5, 0.6) is 5.75 Å². The molecule has 2 heterocycles. The lowest BCUT2D eigenvalue weighted by molar-refractivity contribution is 0.264. The van der Waals surface area contributed by atoms with Gasteiger partial charge in [0.05, 0.1) is 11.1 Å². The van der Waals surface area contributed by atoms with E-state index in [0.29, 0.717) is 22.5 Å². The molecule has 0 saturated heterocycles. The standard InChI is InChI=1S/C18H12ClN3O2/c19-17-14(10-12-6-4-5-9-15(12)20-17)18-22-21-16(24-18)11-23-13-7-2-1-3-8-13/h1-10H,11H2. The fraction of sp³-hybridized carbons (Fsp3) is 0.0556. The van der Waals surface area contributed by atoms with E-state index in [-0.39, 0.29) is 6.61 Å². The van der Waals surface area contributed by atoms with Crippen molar-refractivity contribution in [3.63, 3.8) is 0 Å². The molecule has 0 fully saturated rings. The highest BCUT2D eigenvalue weighted by molar-refractivity contribution is 6.32. The molecule has 0 bridgehead atoms. The van der Waals surface area contributed by atoms with Gasteiger partial charge in [-0.2, -0.15) is 0 Å². The summed E-state index contributed by atoms with van der Waals surface area (Å²) in [7, 11) is 0. The Balaban J connectivity index is 1.59. The molecule has 4 aromatic rings. The number of pyridine rings is 1. The highest BCUT2D eigenvalue weighted by Gasteiger charge is 2.14. The zero-order valence-corrected chi connectivity index (χ0v) is 13.3. The lowest BCUT2D eigenvalue weighted by atomic mass is 10.1. The molecule has 0 unspecified atom stereocenters. The Hall–Kier alpha value is -2.92. The SMILES string of the molecule is Clc1nc2ccccc2cc1-c1nnc(COc2ccccc2)o1. The number of ether oxygens (including phenoxy) is 1. The van der Waals surface area contributed by atoms with Gasteiger partial charge < -0.3 is 9.15 Å².